The highest BCUT2D eigenvalue weighted by molar-refractivity contribution is 5.55. The molecule has 1 aromatic carbocycles. The lowest BCUT2D eigenvalue weighted by Crippen LogP contribution is -2.35. The molecule has 0 atom stereocenters. The standard InChI is InChI=1S/C18H21N5O2/c1-14-10-19-23(11-14)13-17-20-18(21-25-17)16-4-2-3-15(9-16)12-22-5-7-24-8-6-22/h2-4,9-11H,5-8,12-13H2,1H3. The van der Waals surface area contributed by atoms with Crippen molar-refractivity contribution in [2.75, 3.05) is 26.3 Å². The summed E-state index contributed by atoms with van der Waals surface area (Å²) in [6.45, 7) is 6.95. The van der Waals surface area contributed by atoms with E-state index in [1.807, 2.05) is 31.5 Å². The Kier molecular flexibility index (Phi) is 4.58. The lowest BCUT2D eigenvalue weighted by atomic mass is 10.1. The van der Waals surface area contributed by atoms with Gasteiger partial charge in [0, 0.05) is 31.4 Å². The largest absolute Gasteiger partial charge is 0.379 e. The molecule has 0 spiro atoms. The highest BCUT2D eigenvalue weighted by atomic mass is 16.5. The maximum Gasteiger partial charge on any atom is 0.248 e. The first-order valence-electron chi connectivity index (χ1n) is 8.47. The van der Waals surface area contributed by atoms with Gasteiger partial charge in [0.15, 0.2) is 0 Å². The van der Waals surface area contributed by atoms with Gasteiger partial charge in [0.05, 0.1) is 19.4 Å². The fourth-order valence-electron chi connectivity index (χ4n) is 2.95. The smallest absolute Gasteiger partial charge is 0.248 e. The summed E-state index contributed by atoms with van der Waals surface area (Å²) in [6, 6.07) is 8.31. The lowest BCUT2D eigenvalue weighted by molar-refractivity contribution is 0.0342. The van der Waals surface area contributed by atoms with Crippen LogP contribution in [0.15, 0.2) is 41.2 Å². The molecule has 2 aromatic heterocycles. The summed E-state index contributed by atoms with van der Waals surface area (Å²) in [5.74, 6) is 1.17. The third kappa shape index (κ3) is 3.94. The summed E-state index contributed by atoms with van der Waals surface area (Å²) in [6.07, 6.45) is 3.76. The summed E-state index contributed by atoms with van der Waals surface area (Å²) in [5.41, 5.74) is 3.32. The summed E-state index contributed by atoms with van der Waals surface area (Å²) >= 11 is 0. The Balaban J connectivity index is 1.47. The summed E-state index contributed by atoms with van der Waals surface area (Å²) < 4.78 is 12.6. The molecule has 3 heterocycles. The van der Waals surface area contributed by atoms with Gasteiger partial charge in [0.25, 0.3) is 0 Å². The number of ether oxygens (including phenoxy) is 1. The average Bonchev–Trinajstić information content (AvgIpc) is 3.26. The van der Waals surface area contributed by atoms with E-state index in [-0.39, 0.29) is 0 Å². The van der Waals surface area contributed by atoms with Crippen molar-refractivity contribution in [3.8, 4) is 11.4 Å². The highest BCUT2D eigenvalue weighted by Crippen LogP contribution is 2.19. The topological polar surface area (TPSA) is 69.2 Å². The number of aryl methyl sites for hydroxylation is 1. The lowest BCUT2D eigenvalue weighted by Gasteiger charge is -2.26. The SMILES string of the molecule is Cc1cnn(Cc2nc(-c3cccc(CN4CCOCC4)c3)no2)c1. The number of hydrogen-bond acceptors (Lipinski definition) is 6. The van der Waals surface area contributed by atoms with Gasteiger partial charge in [-0.15, -0.1) is 0 Å². The molecular formula is C18H21N5O2. The molecule has 1 saturated heterocycles. The van der Waals surface area contributed by atoms with Crippen molar-refractivity contribution in [3.63, 3.8) is 0 Å². The molecule has 0 bridgehead atoms. The zero-order valence-corrected chi connectivity index (χ0v) is 14.3. The third-order valence-electron chi connectivity index (χ3n) is 4.22. The second-order valence-electron chi connectivity index (χ2n) is 6.32. The van der Waals surface area contributed by atoms with E-state index in [0.717, 1.165) is 44.0 Å². The minimum atomic E-state index is 0.480. The van der Waals surface area contributed by atoms with E-state index >= 15 is 0 Å². The predicted octanol–water partition coefficient (Wildman–Crippen LogP) is 2.12. The van der Waals surface area contributed by atoms with Crippen LogP contribution in [0.5, 0.6) is 0 Å². The molecule has 4 rings (SSSR count). The second-order valence-corrected chi connectivity index (χ2v) is 6.32. The van der Waals surface area contributed by atoms with Crippen LogP contribution in [0.2, 0.25) is 0 Å². The van der Waals surface area contributed by atoms with Crippen LogP contribution in [0.4, 0.5) is 0 Å². The summed E-state index contributed by atoms with van der Waals surface area (Å²) in [5, 5.41) is 8.36. The molecule has 7 nitrogen and oxygen atoms in total. The van der Waals surface area contributed by atoms with Crippen LogP contribution in [0.1, 0.15) is 17.0 Å². The zero-order chi connectivity index (χ0) is 17.1. The van der Waals surface area contributed by atoms with Crippen LogP contribution in [-0.4, -0.2) is 51.1 Å². The van der Waals surface area contributed by atoms with Crippen LogP contribution < -0.4 is 0 Å². The van der Waals surface area contributed by atoms with Crippen LogP contribution in [0.25, 0.3) is 11.4 Å². The minimum Gasteiger partial charge on any atom is -0.379 e. The van der Waals surface area contributed by atoms with Crippen LogP contribution >= 0.6 is 0 Å². The maximum absolute atomic E-state index is 5.40. The molecule has 1 aliphatic heterocycles. The Morgan fingerprint density at radius 1 is 1.16 bits per heavy atom. The van der Waals surface area contributed by atoms with Gasteiger partial charge >= 0.3 is 0 Å². The molecule has 1 aliphatic rings. The van der Waals surface area contributed by atoms with Gasteiger partial charge < -0.3 is 9.26 Å². The first kappa shape index (κ1) is 16.0. The van der Waals surface area contributed by atoms with Gasteiger partial charge in [-0.1, -0.05) is 23.4 Å². The van der Waals surface area contributed by atoms with E-state index in [9.17, 15) is 0 Å². The first-order chi connectivity index (χ1) is 12.3. The van der Waals surface area contributed by atoms with E-state index in [4.69, 9.17) is 9.26 Å². The number of aromatic nitrogens is 4. The molecule has 130 valence electrons. The van der Waals surface area contributed by atoms with Gasteiger partial charge in [-0.2, -0.15) is 10.1 Å². The first-order valence-corrected chi connectivity index (χ1v) is 8.47. The fourth-order valence-corrected chi connectivity index (χ4v) is 2.95. The molecule has 0 N–H and O–H groups in total. The van der Waals surface area contributed by atoms with Crippen LogP contribution in [0, 0.1) is 6.92 Å². The van der Waals surface area contributed by atoms with Crippen molar-refractivity contribution in [1.82, 2.24) is 24.8 Å². The summed E-state index contributed by atoms with van der Waals surface area (Å²) in [4.78, 5) is 6.89. The second kappa shape index (κ2) is 7.16. The number of morpholine rings is 1. The predicted molar refractivity (Wildman–Crippen MR) is 91.9 cm³/mol. The molecular weight excluding hydrogens is 318 g/mol. The monoisotopic (exact) mass is 339 g/mol. The Labute approximate surface area is 146 Å². The third-order valence-corrected chi connectivity index (χ3v) is 4.22. The van der Waals surface area contributed by atoms with Crippen molar-refractivity contribution in [2.45, 2.75) is 20.0 Å². The molecule has 3 aromatic rings. The molecule has 0 radical (unpaired) electrons. The van der Waals surface area contributed by atoms with E-state index in [1.165, 1.54) is 5.56 Å². The van der Waals surface area contributed by atoms with E-state index in [2.05, 4.69) is 32.3 Å². The van der Waals surface area contributed by atoms with E-state index in [1.54, 1.807) is 4.68 Å². The van der Waals surface area contributed by atoms with Gasteiger partial charge in [-0.3, -0.25) is 9.58 Å². The number of nitrogens with zero attached hydrogens (tertiary/aromatic N) is 5. The van der Waals surface area contributed by atoms with Gasteiger partial charge in [-0.25, -0.2) is 0 Å². The van der Waals surface area contributed by atoms with Crippen molar-refractivity contribution < 1.29 is 9.26 Å². The van der Waals surface area contributed by atoms with Crippen molar-refractivity contribution in [1.29, 1.82) is 0 Å². The van der Waals surface area contributed by atoms with Gasteiger partial charge in [0.2, 0.25) is 11.7 Å². The highest BCUT2D eigenvalue weighted by Gasteiger charge is 2.13. The molecule has 25 heavy (non-hydrogen) atoms. The Morgan fingerprint density at radius 2 is 2.04 bits per heavy atom. The Bertz CT molecular complexity index is 835. The average molecular weight is 339 g/mol. The Morgan fingerprint density at radius 3 is 2.84 bits per heavy atom. The van der Waals surface area contributed by atoms with Gasteiger partial charge in [0.1, 0.15) is 6.54 Å². The van der Waals surface area contributed by atoms with Crippen molar-refractivity contribution >= 4 is 0 Å². The number of benzene rings is 1. The molecule has 0 unspecified atom stereocenters. The number of hydrogen-bond donors (Lipinski definition) is 0. The number of rotatable bonds is 5. The quantitative estimate of drug-likeness (QED) is 0.709. The fraction of sp³-hybridized carbons (Fsp3) is 0.389. The molecule has 0 saturated carbocycles. The maximum atomic E-state index is 5.40. The van der Waals surface area contributed by atoms with Crippen LogP contribution in [0.3, 0.4) is 0 Å². The van der Waals surface area contributed by atoms with E-state index < -0.39 is 0 Å². The Hall–Kier alpha value is -2.51. The van der Waals surface area contributed by atoms with Crippen molar-refractivity contribution in [3.05, 3.63) is 53.7 Å². The van der Waals surface area contributed by atoms with Gasteiger partial charge in [-0.05, 0) is 24.1 Å². The van der Waals surface area contributed by atoms with Crippen molar-refractivity contribution in [2.24, 2.45) is 0 Å². The zero-order valence-electron chi connectivity index (χ0n) is 14.3. The minimum absolute atomic E-state index is 0.480. The molecule has 1 fully saturated rings. The molecule has 0 aliphatic carbocycles. The normalized spacial score (nSPS) is 15.6. The van der Waals surface area contributed by atoms with E-state index in [0.29, 0.717) is 18.3 Å². The summed E-state index contributed by atoms with van der Waals surface area (Å²) in [7, 11) is 0. The molecule has 7 heteroatoms. The van der Waals surface area contributed by atoms with Crippen LogP contribution in [-0.2, 0) is 17.8 Å². The molecule has 0 amide bonds.